The Balaban J connectivity index is 1.97. The molecule has 130 valence electrons. The summed E-state index contributed by atoms with van der Waals surface area (Å²) in [5.74, 6) is 6.25. The molecule has 0 unspecified atom stereocenters. The van der Waals surface area contributed by atoms with Crippen LogP contribution in [0.15, 0.2) is 18.2 Å². The first kappa shape index (κ1) is 18.1. The first-order valence-corrected chi connectivity index (χ1v) is 7.95. The van der Waals surface area contributed by atoms with Crippen molar-refractivity contribution in [3.63, 3.8) is 0 Å². The summed E-state index contributed by atoms with van der Waals surface area (Å²) in [6.07, 6.45) is 0.402. The summed E-state index contributed by atoms with van der Waals surface area (Å²) in [7, 11) is 1.54. The van der Waals surface area contributed by atoms with Crippen LogP contribution in [0.3, 0.4) is 0 Å². The summed E-state index contributed by atoms with van der Waals surface area (Å²) >= 11 is 0. The van der Waals surface area contributed by atoms with E-state index in [1.54, 1.807) is 30.2 Å². The lowest BCUT2D eigenvalue weighted by Gasteiger charge is -2.35. The molecule has 1 aromatic rings. The van der Waals surface area contributed by atoms with Crippen LogP contribution in [0.5, 0.6) is 5.88 Å². The van der Waals surface area contributed by atoms with Gasteiger partial charge in [0.25, 0.3) is 0 Å². The van der Waals surface area contributed by atoms with E-state index in [1.807, 2.05) is 20.8 Å². The van der Waals surface area contributed by atoms with Crippen molar-refractivity contribution < 1.29 is 19.4 Å². The third-order valence-corrected chi connectivity index (χ3v) is 3.60. The molecular formula is C18H24N2O4. The molecule has 1 aliphatic heterocycles. The Labute approximate surface area is 142 Å². The molecule has 1 aromatic heterocycles. The molecule has 1 N–H and O–H groups in total. The zero-order chi connectivity index (χ0) is 17.8. The van der Waals surface area contributed by atoms with Gasteiger partial charge in [-0.15, -0.1) is 0 Å². The number of hydrogen-bond acceptors (Lipinski definition) is 5. The largest absolute Gasteiger partial charge is 0.481 e. The molecule has 1 saturated heterocycles. The number of aromatic nitrogens is 1. The van der Waals surface area contributed by atoms with Crippen LogP contribution in [0.25, 0.3) is 0 Å². The maximum atomic E-state index is 12.0. The summed E-state index contributed by atoms with van der Waals surface area (Å²) in [5.41, 5.74) is -1.11. The van der Waals surface area contributed by atoms with E-state index in [1.165, 1.54) is 0 Å². The normalized spacial score (nSPS) is 16.8. The Bertz CT molecular complexity index is 647. The number of carbonyl (C=O) groups excluding carboxylic acids is 1. The summed E-state index contributed by atoms with van der Waals surface area (Å²) < 4.78 is 10.4. The molecule has 0 bridgehead atoms. The molecule has 1 amide bonds. The lowest BCUT2D eigenvalue weighted by Crippen LogP contribution is -2.47. The van der Waals surface area contributed by atoms with Crippen LogP contribution in [0.4, 0.5) is 4.79 Å². The highest BCUT2D eigenvalue weighted by atomic mass is 16.6. The molecular weight excluding hydrogens is 308 g/mol. The molecule has 0 spiro atoms. The number of likely N-dealkylation sites (tertiary alicyclic amines) is 1. The van der Waals surface area contributed by atoms with Crippen LogP contribution in [0.1, 0.15) is 39.3 Å². The standard InChI is InChI=1S/C18H24N2O4/c1-17(2,3)24-16(21)20-12-10-18(22,11-13-20)9-8-14-6-5-7-15(19-14)23-4/h5-7,22H,10-13H2,1-4H3. The van der Waals surface area contributed by atoms with E-state index in [9.17, 15) is 9.90 Å². The van der Waals surface area contributed by atoms with Gasteiger partial charge >= 0.3 is 6.09 Å². The zero-order valence-electron chi connectivity index (χ0n) is 14.6. The highest BCUT2D eigenvalue weighted by molar-refractivity contribution is 5.68. The first-order valence-electron chi connectivity index (χ1n) is 7.95. The number of nitrogens with zero attached hydrogens (tertiary/aromatic N) is 2. The summed E-state index contributed by atoms with van der Waals surface area (Å²) in [6.45, 7) is 6.31. The molecule has 24 heavy (non-hydrogen) atoms. The third-order valence-electron chi connectivity index (χ3n) is 3.60. The fraction of sp³-hybridized carbons (Fsp3) is 0.556. The van der Waals surface area contributed by atoms with Crippen LogP contribution in [-0.4, -0.2) is 52.5 Å². The van der Waals surface area contributed by atoms with Crippen molar-refractivity contribution >= 4 is 6.09 Å². The minimum absolute atomic E-state index is 0.355. The van der Waals surface area contributed by atoms with Crippen LogP contribution in [0, 0.1) is 11.8 Å². The Morgan fingerprint density at radius 3 is 2.58 bits per heavy atom. The molecule has 6 nitrogen and oxygen atoms in total. The van der Waals surface area contributed by atoms with E-state index >= 15 is 0 Å². The summed E-state index contributed by atoms with van der Waals surface area (Å²) in [4.78, 5) is 17.8. The van der Waals surface area contributed by atoms with Crippen molar-refractivity contribution in [3.8, 4) is 17.7 Å². The minimum Gasteiger partial charge on any atom is -0.481 e. The van der Waals surface area contributed by atoms with Crippen molar-refractivity contribution in [1.82, 2.24) is 9.88 Å². The van der Waals surface area contributed by atoms with Gasteiger partial charge in [0.1, 0.15) is 16.9 Å². The fourth-order valence-electron chi connectivity index (χ4n) is 2.29. The van der Waals surface area contributed by atoms with Gasteiger partial charge in [-0.3, -0.25) is 0 Å². The van der Waals surface area contributed by atoms with Gasteiger partial charge in [-0.1, -0.05) is 12.0 Å². The maximum Gasteiger partial charge on any atom is 0.410 e. The minimum atomic E-state index is -1.12. The number of piperidine rings is 1. The van der Waals surface area contributed by atoms with Gasteiger partial charge in [-0.05, 0) is 32.8 Å². The van der Waals surface area contributed by atoms with Gasteiger partial charge in [0.05, 0.1) is 7.11 Å². The van der Waals surface area contributed by atoms with E-state index in [0.717, 1.165) is 0 Å². The number of pyridine rings is 1. The second-order valence-corrected chi connectivity index (χ2v) is 6.81. The summed E-state index contributed by atoms with van der Waals surface area (Å²) in [6, 6.07) is 5.29. The lowest BCUT2D eigenvalue weighted by atomic mass is 9.92. The van der Waals surface area contributed by atoms with E-state index in [4.69, 9.17) is 9.47 Å². The van der Waals surface area contributed by atoms with E-state index in [2.05, 4.69) is 16.8 Å². The first-order chi connectivity index (χ1) is 11.2. The average molecular weight is 332 g/mol. The Morgan fingerprint density at radius 2 is 2.00 bits per heavy atom. The number of methoxy groups -OCH3 is 1. The van der Waals surface area contributed by atoms with Crippen molar-refractivity contribution in [2.45, 2.75) is 44.8 Å². The quantitative estimate of drug-likeness (QED) is 0.798. The van der Waals surface area contributed by atoms with Crippen LogP contribution >= 0.6 is 0 Å². The van der Waals surface area contributed by atoms with Gasteiger partial charge in [-0.2, -0.15) is 0 Å². The third kappa shape index (κ3) is 5.14. The van der Waals surface area contributed by atoms with Gasteiger partial charge in [0.15, 0.2) is 0 Å². The maximum absolute atomic E-state index is 12.0. The molecule has 0 radical (unpaired) electrons. The smallest absolute Gasteiger partial charge is 0.410 e. The van der Waals surface area contributed by atoms with E-state index in [-0.39, 0.29) is 6.09 Å². The molecule has 2 rings (SSSR count). The molecule has 2 heterocycles. The number of ether oxygens (including phenoxy) is 2. The number of amides is 1. The second-order valence-electron chi connectivity index (χ2n) is 6.81. The zero-order valence-corrected chi connectivity index (χ0v) is 14.6. The second kappa shape index (κ2) is 7.10. The highest BCUT2D eigenvalue weighted by Crippen LogP contribution is 2.23. The SMILES string of the molecule is COc1cccc(C#CC2(O)CCN(C(=O)OC(C)(C)C)CC2)n1. The fourth-order valence-corrected chi connectivity index (χ4v) is 2.29. The van der Waals surface area contributed by atoms with Crippen LogP contribution < -0.4 is 4.74 Å². The van der Waals surface area contributed by atoms with Crippen LogP contribution in [0.2, 0.25) is 0 Å². The predicted molar refractivity (Wildman–Crippen MR) is 89.7 cm³/mol. The predicted octanol–water partition coefficient (Wildman–Crippen LogP) is 2.20. The molecule has 0 aromatic carbocycles. The molecule has 0 saturated carbocycles. The van der Waals surface area contributed by atoms with Crippen LogP contribution in [-0.2, 0) is 4.74 Å². The van der Waals surface area contributed by atoms with E-state index < -0.39 is 11.2 Å². The van der Waals surface area contributed by atoms with Gasteiger partial charge < -0.3 is 19.5 Å². The van der Waals surface area contributed by atoms with Crippen molar-refractivity contribution in [2.75, 3.05) is 20.2 Å². The summed E-state index contributed by atoms with van der Waals surface area (Å²) in [5, 5.41) is 10.6. The molecule has 6 heteroatoms. The van der Waals surface area contributed by atoms with Crippen molar-refractivity contribution in [2.24, 2.45) is 0 Å². The number of rotatable bonds is 1. The molecule has 1 fully saturated rings. The Morgan fingerprint density at radius 1 is 1.33 bits per heavy atom. The number of aliphatic hydroxyl groups is 1. The lowest BCUT2D eigenvalue weighted by molar-refractivity contribution is -0.00514. The van der Waals surface area contributed by atoms with Crippen molar-refractivity contribution in [1.29, 1.82) is 0 Å². The van der Waals surface area contributed by atoms with Crippen molar-refractivity contribution in [3.05, 3.63) is 23.9 Å². The number of hydrogen-bond donors (Lipinski definition) is 1. The van der Waals surface area contributed by atoms with Gasteiger partial charge in [0, 0.05) is 32.0 Å². The monoisotopic (exact) mass is 332 g/mol. The topological polar surface area (TPSA) is 71.9 Å². The van der Waals surface area contributed by atoms with Gasteiger partial charge in [-0.25, -0.2) is 9.78 Å². The molecule has 0 aliphatic carbocycles. The van der Waals surface area contributed by atoms with Gasteiger partial charge in [0.2, 0.25) is 5.88 Å². The Hall–Kier alpha value is -2.26. The molecule has 0 atom stereocenters. The average Bonchev–Trinajstić information content (AvgIpc) is 2.52. The van der Waals surface area contributed by atoms with E-state index in [0.29, 0.717) is 37.5 Å². The number of carbonyl (C=O) groups is 1. The molecule has 1 aliphatic rings. The Kier molecular flexibility index (Phi) is 5.35. The highest BCUT2D eigenvalue weighted by Gasteiger charge is 2.34.